The van der Waals surface area contributed by atoms with Crippen molar-refractivity contribution in [1.29, 1.82) is 0 Å². The lowest BCUT2D eigenvalue weighted by molar-refractivity contribution is -0.316. The summed E-state index contributed by atoms with van der Waals surface area (Å²) in [6.45, 7) is 1.71. The van der Waals surface area contributed by atoms with Crippen LogP contribution < -0.4 is 0 Å². The molecule has 0 radical (unpaired) electrons. The molecule has 4 heteroatoms. The zero-order chi connectivity index (χ0) is 18.1. The van der Waals surface area contributed by atoms with Crippen LogP contribution in [0.3, 0.4) is 0 Å². The Labute approximate surface area is 157 Å². The Morgan fingerprint density at radius 1 is 0.962 bits per heavy atom. The molecule has 0 unspecified atom stereocenters. The molecule has 3 rings (SSSR count). The van der Waals surface area contributed by atoms with E-state index < -0.39 is 0 Å². The fourth-order valence-corrected chi connectivity index (χ4v) is 4.20. The van der Waals surface area contributed by atoms with Gasteiger partial charge in [0.2, 0.25) is 0 Å². The number of aliphatic hydroxyl groups is 1. The first-order chi connectivity index (χ1) is 12.8. The molecule has 1 spiro atoms. The van der Waals surface area contributed by atoms with Crippen LogP contribution in [0.4, 0.5) is 0 Å². The first-order valence-electron chi connectivity index (χ1n) is 10.4. The highest BCUT2D eigenvalue weighted by atomic mass is 16.7. The molecular weight excluding hydrogens is 328 g/mol. The summed E-state index contributed by atoms with van der Waals surface area (Å²) < 4.78 is 18.5. The molecule has 0 amide bonds. The summed E-state index contributed by atoms with van der Waals surface area (Å²) in [6.07, 6.45) is 11.0. The van der Waals surface area contributed by atoms with Crippen molar-refractivity contribution in [3.8, 4) is 0 Å². The second kappa shape index (κ2) is 10.4. The number of unbranched alkanes of at least 4 members (excludes halogenated alkanes) is 1. The van der Waals surface area contributed by atoms with Crippen LogP contribution in [0.25, 0.3) is 0 Å². The molecule has 2 aliphatic rings. The minimum absolute atomic E-state index is 0.166. The van der Waals surface area contributed by atoms with Crippen LogP contribution in [-0.4, -0.2) is 36.3 Å². The van der Waals surface area contributed by atoms with Gasteiger partial charge in [-0.3, -0.25) is 0 Å². The number of hydrogen-bond acceptors (Lipinski definition) is 4. The van der Waals surface area contributed by atoms with Crippen molar-refractivity contribution in [1.82, 2.24) is 0 Å². The van der Waals surface area contributed by atoms with Crippen LogP contribution in [0.2, 0.25) is 0 Å². The molecule has 0 aromatic heterocycles. The lowest BCUT2D eigenvalue weighted by Gasteiger charge is -2.46. The number of aliphatic hydroxyl groups excluding tert-OH is 1. The third-order valence-electron chi connectivity index (χ3n) is 5.56. The Morgan fingerprint density at radius 3 is 2.35 bits per heavy atom. The molecule has 2 aliphatic heterocycles. The Hall–Kier alpha value is -0.940. The third kappa shape index (κ3) is 6.05. The van der Waals surface area contributed by atoms with Gasteiger partial charge >= 0.3 is 0 Å². The Bertz CT molecular complexity index is 500. The van der Waals surface area contributed by atoms with Gasteiger partial charge in [0.25, 0.3) is 0 Å². The monoisotopic (exact) mass is 362 g/mol. The van der Waals surface area contributed by atoms with Crippen LogP contribution in [0.5, 0.6) is 0 Å². The first kappa shape index (κ1) is 19.8. The molecule has 2 saturated heterocycles. The maximum absolute atomic E-state index is 9.18. The van der Waals surface area contributed by atoms with Crippen molar-refractivity contribution in [3.63, 3.8) is 0 Å². The van der Waals surface area contributed by atoms with Crippen molar-refractivity contribution in [3.05, 3.63) is 35.9 Å². The predicted octanol–water partition coefficient (Wildman–Crippen LogP) is 4.59. The van der Waals surface area contributed by atoms with Gasteiger partial charge in [0.05, 0.1) is 18.8 Å². The lowest BCUT2D eigenvalue weighted by Crippen LogP contribution is -2.48. The van der Waals surface area contributed by atoms with E-state index in [0.29, 0.717) is 12.7 Å². The number of ether oxygens (including phenoxy) is 3. The highest BCUT2D eigenvalue weighted by Crippen LogP contribution is 2.40. The van der Waals surface area contributed by atoms with Gasteiger partial charge in [-0.1, -0.05) is 30.3 Å². The molecule has 0 saturated carbocycles. The lowest BCUT2D eigenvalue weighted by atomic mass is 9.91. The van der Waals surface area contributed by atoms with E-state index >= 15 is 0 Å². The average molecular weight is 363 g/mol. The number of rotatable bonds is 9. The molecule has 146 valence electrons. The fourth-order valence-electron chi connectivity index (χ4n) is 4.20. The zero-order valence-corrected chi connectivity index (χ0v) is 15.9. The second-order valence-electron chi connectivity index (χ2n) is 7.72. The van der Waals surface area contributed by atoms with Gasteiger partial charge in [0.15, 0.2) is 5.79 Å². The number of hydrogen-bond donors (Lipinski definition) is 1. The summed E-state index contributed by atoms with van der Waals surface area (Å²) in [6, 6.07) is 10.3. The van der Waals surface area contributed by atoms with Gasteiger partial charge in [0.1, 0.15) is 0 Å². The zero-order valence-electron chi connectivity index (χ0n) is 15.9. The predicted molar refractivity (Wildman–Crippen MR) is 102 cm³/mol. The average Bonchev–Trinajstić information content (AvgIpc) is 2.66. The van der Waals surface area contributed by atoms with E-state index in [2.05, 4.69) is 12.1 Å². The van der Waals surface area contributed by atoms with Gasteiger partial charge in [-0.05, 0) is 56.9 Å². The summed E-state index contributed by atoms with van der Waals surface area (Å²) >= 11 is 0. The molecule has 26 heavy (non-hydrogen) atoms. The van der Waals surface area contributed by atoms with E-state index in [1.54, 1.807) is 0 Å². The van der Waals surface area contributed by atoms with Crippen LogP contribution in [0.15, 0.2) is 30.3 Å². The van der Waals surface area contributed by atoms with E-state index in [9.17, 15) is 5.11 Å². The molecule has 3 atom stereocenters. The van der Waals surface area contributed by atoms with Gasteiger partial charge < -0.3 is 19.3 Å². The van der Waals surface area contributed by atoms with Crippen LogP contribution in [0.1, 0.15) is 69.8 Å². The highest BCUT2D eigenvalue weighted by Gasteiger charge is 2.42. The fraction of sp³-hybridized carbons (Fsp3) is 0.727. The standard InChI is InChI=1S/C22H34O4/c23-16-13-21-12-7-15-22(26-21)14-6-11-20(25-22)10-4-5-17-24-18-19-8-2-1-3-9-19/h1-3,8-9,20-21,23H,4-7,10-18H2/t20-,21+,22+/m1/s1. The smallest absolute Gasteiger partial charge is 0.169 e. The maximum atomic E-state index is 9.18. The summed E-state index contributed by atoms with van der Waals surface area (Å²) in [4.78, 5) is 0. The minimum atomic E-state index is -0.370. The Balaban J connectivity index is 1.32. The van der Waals surface area contributed by atoms with Crippen molar-refractivity contribution < 1.29 is 19.3 Å². The second-order valence-corrected chi connectivity index (χ2v) is 7.72. The van der Waals surface area contributed by atoms with E-state index in [1.807, 2.05) is 18.2 Å². The van der Waals surface area contributed by atoms with Crippen molar-refractivity contribution in [2.24, 2.45) is 0 Å². The SMILES string of the molecule is OCC[C@@H]1CCC[C@]2(CCC[C@@H](CCCCOCc3ccccc3)O2)O1. The molecular formula is C22H34O4. The maximum Gasteiger partial charge on any atom is 0.169 e. The molecule has 2 heterocycles. The van der Waals surface area contributed by atoms with E-state index in [1.165, 1.54) is 12.0 Å². The first-order valence-corrected chi connectivity index (χ1v) is 10.4. The molecule has 0 bridgehead atoms. The van der Waals surface area contributed by atoms with Gasteiger partial charge in [-0.2, -0.15) is 0 Å². The summed E-state index contributed by atoms with van der Waals surface area (Å²) in [7, 11) is 0. The van der Waals surface area contributed by atoms with Crippen molar-refractivity contribution in [2.75, 3.05) is 13.2 Å². The third-order valence-corrected chi connectivity index (χ3v) is 5.56. The summed E-state index contributed by atoms with van der Waals surface area (Å²) in [5.41, 5.74) is 1.23. The van der Waals surface area contributed by atoms with Gasteiger partial charge in [-0.25, -0.2) is 0 Å². The van der Waals surface area contributed by atoms with Gasteiger partial charge in [0, 0.05) is 26.1 Å². The Kier molecular flexibility index (Phi) is 7.93. The van der Waals surface area contributed by atoms with Crippen LogP contribution >= 0.6 is 0 Å². The Morgan fingerprint density at radius 2 is 1.65 bits per heavy atom. The molecule has 2 fully saturated rings. The normalized spacial score (nSPS) is 29.1. The summed E-state index contributed by atoms with van der Waals surface area (Å²) in [5, 5.41) is 9.18. The van der Waals surface area contributed by atoms with Crippen LogP contribution in [-0.2, 0) is 20.8 Å². The molecule has 1 N–H and O–H groups in total. The molecule has 1 aromatic carbocycles. The number of benzene rings is 1. The molecule has 4 nitrogen and oxygen atoms in total. The quantitative estimate of drug-likeness (QED) is 0.653. The minimum Gasteiger partial charge on any atom is -0.396 e. The van der Waals surface area contributed by atoms with E-state index in [4.69, 9.17) is 14.2 Å². The topological polar surface area (TPSA) is 47.9 Å². The van der Waals surface area contributed by atoms with E-state index in [0.717, 1.165) is 64.4 Å². The molecule has 1 aromatic rings. The van der Waals surface area contributed by atoms with Crippen molar-refractivity contribution in [2.45, 2.75) is 88.8 Å². The summed E-state index contributed by atoms with van der Waals surface area (Å²) in [5.74, 6) is -0.370. The van der Waals surface area contributed by atoms with Crippen LogP contribution in [0, 0.1) is 0 Å². The highest BCUT2D eigenvalue weighted by molar-refractivity contribution is 5.13. The largest absolute Gasteiger partial charge is 0.396 e. The molecule has 0 aliphatic carbocycles. The van der Waals surface area contributed by atoms with Crippen molar-refractivity contribution >= 4 is 0 Å². The van der Waals surface area contributed by atoms with Gasteiger partial charge in [-0.15, -0.1) is 0 Å². The van der Waals surface area contributed by atoms with E-state index in [-0.39, 0.29) is 18.5 Å².